The Hall–Kier alpha value is -1.06. The lowest BCUT2D eigenvalue weighted by atomic mass is 9.57. The summed E-state index contributed by atoms with van der Waals surface area (Å²) in [6.07, 6.45) is 7.06. The van der Waals surface area contributed by atoms with Gasteiger partial charge in [-0.1, -0.05) is 66.2 Å². The van der Waals surface area contributed by atoms with Crippen LogP contribution in [0.25, 0.3) is 0 Å². The number of hydrogen-bond acceptors (Lipinski definition) is 2. The van der Waals surface area contributed by atoms with Crippen molar-refractivity contribution in [3.8, 4) is 0 Å². The van der Waals surface area contributed by atoms with Crippen LogP contribution >= 0.6 is 0 Å². The molecular formula is C19H36O4. The molecule has 0 spiro atoms. The molecule has 0 rings (SSSR count). The summed E-state index contributed by atoms with van der Waals surface area (Å²) >= 11 is 0. The molecule has 0 fully saturated rings. The predicted molar refractivity (Wildman–Crippen MR) is 93.6 cm³/mol. The number of carbonyl (C=O) groups is 2. The Morgan fingerprint density at radius 1 is 0.870 bits per heavy atom. The summed E-state index contributed by atoms with van der Waals surface area (Å²) < 4.78 is 0. The van der Waals surface area contributed by atoms with Crippen LogP contribution in [0.15, 0.2) is 0 Å². The Morgan fingerprint density at radius 3 is 1.83 bits per heavy atom. The van der Waals surface area contributed by atoms with Crippen molar-refractivity contribution in [2.24, 2.45) is 16.7 Å². The maximum Gasteiger partial charge on any atom is 0.310 e. The second-order valence-corrected chi connectivity index (χ2v) is 7.54. The fourth-order valence-electron chi connectivity index (χ4n) is 3.79. The zero-order valence-corrected chi connectivity index (χ0v) is 15.7. The topological polar surface area (TPSA) is 74.6 Å². The van der Waals surface area contributed by atoms with Crippen LogP contribution in [-0.2, 0) is 9.59 Å². The number of carboxylic acid groups (broad SMARTS) is 2. The van der Waals surface area contributed by atoms with E-state index in [2.05, 4.69) is 6.92 Å². The molecule has 0 aliphatic rings. The molecule has 4 heteroatoms. The summed E-state index contributed by atoms with van der Waals surface area (Å²) in [5.74, 6) is -1.77. The van der Waals surface area contributed by atoms with E-state index in [4.69, 9.17) is 0 Å². The number of carboxylic acids is 2. The fourth-order valence-corrected chi connectivity index (χ4v) is 3.79. The van der Waals surface area contributed by atoms with Crippen LogP contribution in [0.1, 0.15) is 92.4 Å². The lowest BCUT2D eigenvalue weighted by molar-refractivity contribution is -0.176. The highest BCUT2D eigenvalue weighted by atomic mass is 16.4. The minimum atomic E-state index is -1.22. The van der Waals surface area contributed by atoms with Crippen LogP contribution in [0.3, 0.4) is 0 Å². The summed E-state index contributed by atoms with van der Waals surface area (Å²) in [6, 6.07) is 0. The number of rotatable bonds is 13. The molecule has 0 amide bonds. The van der Waals surface area contributed by atoms with Crippen molar-refractivity contribution in [2.75, 3.05) is 0 Å². The molecule has 0 aromatic heterocycles. The van der Waals surface area contributed by atoms with E-state index in [-0.39, 0.29) is 5.92 Å². The third kappa shape index (κ3) is 5.50. The molecule has 0 saturated carbocycles. The van der Waals surface area contributed by atoms with Gasteiger partial charge in [0.05, 0.1) is 10.8 Å². The maximum absolute atomic E-state index is 12.2. The molecule has 0 aliphatic carbocycles. The number of hydrogen-bond donors (Lipinski definition) is 2. The average molecular weight is 328 g/mol. The molecule has 0 aliphatic heterocycles. The molecule has 0 bridgehead atoms. The molecule has 0 aromatic rings. The smallest absolute Gasteiger partial charge is 0.310 e. The Bertz CT molecular complexity index is 378. The zero-order valence-electron chi connectivity index (χ0n) is 15.7. The van der Waals surface area contributed by atoms with E-state index < -0.39 is 22.8 Å². The van der Waals surface area contributed by atoms with Crippen molar-refractivity contribution in [3.05, 3.63) is 0 Å². The summed E-state index contributed by atoms with van der Waals surface area (Å²) in [5, 5.41) is 19.9. The molecule has 136 valence electrons. The van der Waals surface area contributed by atoms with E-state index in [0.29, 0.717) is 25.7 Å². The second-order valence-electron chi connectivity index (χ2n) is 7.54. The van der Waals surface area contributed by atoms with Crippen molar-refractivity contribution in [3.63, 3.8) is 0 Å². The third-order valence-electron chi connectivity index (χ3n) is 5.15. The van der Waals surface area contributed by atoms with E-state index in [9.17, 15) is 19.8 Å². The van der Waals surface area contributed by atoms with Gasteiger partial charge >= 0.3 is 11.9 Å². The van der Waals surface area contributed by atoms with E-state index >= 15 is 0 Å². The molecule has 4 nitrogen and oxygen atoms in total. The van der Waals surface area contributed by atoms with Gasteiger partial charge in [-0.25, -0.2) is 0 Å². The van der Waals surface area contributed by atoms with Gasteiger partial charge in [-0.15, -0.1) is 0 Å². The molecule has 2 N–H and O–H groups in total. The van der Waals surface area contributed by atoms with Crippen molar-refractivity contribution >= 4 is 11.9 Å². The van der Waals surface area contributed by atoms with E-state index in [1.165, 1.54) is 0 Å². The fraction of sp³-hybridized carbons (Fsp3) is 0.895. The van der Waals surface area contributed by atoms with Crippen molar-refractivity contribution in [1.82, 2.24) is 0 Å². The Kier molecular flexibility index (Phi) is 9.48. The van der Waals surface area contributed by atoms with Crippen molar-refractivity contribution in [2.45, 2.75) is 92.4 Å². The Balaban J connectivity index is 5.48. The van der Waals surface area contributed by atoms with Gasteiger partial charge in [0.25, 0.3) is 0 Å². The standard InChI is InChI=1S/C19H36O4/c1-6-8-9-10-11-13-18(5,16(20)21)19(12-7-2,17(22)23)14-15(3)4/h15H,6-14H2,1-5H3,(H,20,21)(H,22,23). The first-order chi connectivity index (χ1) is 10.7. The zero-order chi connectivity index (χ0) is 18.1. The Labute approximate surface area is 141 Å². The molecule has 0 aromatic carbocycles. The van der Waals surface area contributed by atoms with Crippen molar-refractivity contribution in [1.29, 1.82) is 0 Å². The van der Waals surface area contributed by atoms with Gasteiger partial charge in [-0.2, -0.15) is 0 Å². The van der Waals surface area contributed by atoms with Crippen LogP contribution in [0, 0.1) is 16.7 Å². The van der Waals surface area contributed by atoms with Crippen LogP contribution in [0.2, 0.25) is 0 Å². The van der Waals surface area contributed by atoms with Gasteiger partial charge in [0.15, 0.2) is 0 Å². The highest BCUT2D eigenvalue weighted by Gasteiger charge is 2.57. The maximum atomic E-state index is 12.2. The summed E-state index contributed by atoms with van der Waals surface area (Å²) in [5.41, 5.74) is -2.40. The van der Waals surface area contributed by atoms with E-state index in [0.717, 1.165) is 32.1 Å². The molecule has 23 heavy (non-hydrogen) atoms. The first kappa shape index (κ1) is 21.9. The molecule has 0 saturated heterocycles. The average Bonchev–Trinajstić information content (AvgIpc) is 2.45. The molecule has 2 atom stereocenters. The van der Waals surface area contributed by atoms with Gasteiger partial charge in [0.1, 0.15) is 0 Å². The monoisotopic (exact) mass is 328 g/mol. The summed E-state index contributed by atoms with van der Waals surface area (Å²) in [7, 11) is 0. The largest absolute Gasteiger partial charge is 0.481 e. The lowest BCUT2D eigenvalue weighted by Crippen LogP contribution is -2.51. The van der Waals surface area contributed by atoms with Crippen molar-refractivity contribution < 1.29 is 19.8 Å². The highest BCUT2D eigenvalue weighted by Crippen LogP contribution is 2.51. The number of unbranched alkanes of at least 4 members (excludes halogenated alkanes) is 4. The van der Waals surface area contributed by atoms with Gasteiger partial charge in [-0.3, -0.25) is 9.59 Å². The summed E-state index contributed by atoms with van der Waals surface area (Å²) in [6.45, 7) is 9.66. The summed E-state index contributed by atoms with van der Waals surface area (Å²) in [4.78, 5) is 24.3. The second kappa shape index (κ2) is 9.94. The van der Waals surface area contributed by atoms with E-state index in [1.807, 2.05) is 20.8 Å². The normalized spacial score (nSPS) is 16.8. The lowest BCUT2D eigenvalue weighted by Gasteiger charge is -2.44. The van der Waals surface area contributed by atoms with Gasteiger partial charge in [-0.05, 0) is 32.1 Å². The third-order valence-corrected chi connectivity index (χ3v) is 5.15. The Morgan fingerprint density at radius 2 is 1.43 bits per heavy atom. The highest BCUT2D eigenvalue weighted by molar-refractivity contribution is 5.86. The molecule has 0 radical (unpaired) electrons. The van der Waals surface area contributed by atoms with Gasteiger partial charge in [0, 0.05) is 0 Å². The number of aliphatic carboxylic acids is 2. The van der Waals surface area contributed by atoms with Crippen LogP contribution in [-0.4, -0.2) is 22.2 Å². The molecule has 0 heterocycles. The van der Waals surface area contributed by atoms with Crippen LogP contribution < -0.4 is 0 Å². The van der Waals surface area contributed by atoms with Gasteiger partial charge < -0.3 is 10.2 Å². The first-order valence-electron chi connectivity index (χ1n) is 9.14. The van der Waals surface area contributed by atoms with Crippen LogP contribution in [0.5, 0.6) is 0 Å². The van der Waals surface area contributed by atoms with E-state index in [1.54, 1.807) is 6.92 Å². The SMILES string of the molecule is CCCCCCCC(C)(C(=O)O)C(CCC)(CC(C)C)C(=O)O. The molecular weight excluding hydrogens is 292 g/mol. The minimum Gasteiger partial charge on any atom is -0.481 e. The minimum absolute atomic E-state index is 0.149. The predicted octanol–water partition coefficient (Wildman–Crippen LogP) is 5.36. The van der Waals surface area contributed by atoms with Gasteiger partial charge in [0.2, 0.25) is 0 Å². The van der Waals surface area contributed by atoms with Crippen LogP contribution in [0.4, 0.5) is 0 Å². The quantitative estimate of drug-likeness (QED) is 0.447. The first-order valence-corrected chi connectivity index (χ1v) is 9.14. The molecule has 2 unspecified atom stereocenters.